The minimum absolute atomic E-state index is 0.0744. The van der Waals surface area contributed by atoms with Gasteiger partial charge in [-0.15, -0.1) is 11.8 Å². The van der Waals surface area contributed by atoms with Crippen LogP contribution in [0.4, 0.5) is 18.9 Å². The summed E-state index contributed by atoms with van der Waals surface area (Å²) >= 11 is 1.34. The van der Waals surface area contributed by atoms with Gasteiger partial charge in [-0.2, -0.15) is 13.2 Å². The maximum Gasteiger partial charge on any atom is 0.416 e. The zero-order valence-corrected chi connectivity index (χ0v) is 20.9. The van der Waals surface area contributed by atoms with Gasteiger partial charge in [0.15, 0.2) is 4.87 Å². The van der Waals surface area contributed by atoms with E-state index in [1.54, 1.807) is 53.4 Å². The molecule has 0 aliphatic carbocycles. The van der Waals surface area contributed by atoms with Crippen molar-refractivity contribution >= 4 is 29.3 Å². The first-order chi connectivity index (χ1) is 17.7. The van der Waals surface area contributed by atoms with Crippen molar-refractivity contribution in [2.75, 3.05) is 31.4 Å². The fourth-order valence-corrected chi connectivity index (χ4v) is 6.25. The van der Waals surface area contributed by atoms with Gasteiger partial charge in [0.05, 0.1) is 32.0 Å². The van der Waals surface area contributed by atoms with Crippen LogP contribution >= 0.6 is 11.8 Å². The Bertz CT molecular complexity index is 1360. The van der Waals surface area contributed by atoms with Crippen LogP contribution < -0.4 is 14.4 Å². The summed E-state index contributed by atoms with van der Waals surface area (Å²) in [5.41, 5.74) is 1.06. The minimum Gasteiger partial charge on any atom is -0.497 e. The lowest BCUT2D eigenvalue weighted by molar-refractivity contribution is -0.137. The lowest BCUT2D eigenvalue weighted by Gasteiger charge is -2.33. The molecule has 2 heterocycles. The number of methoxy groups -OCH3 is 2. The van der Waals surface area contributed by atoms with Gasteiger partial charge >= 0.3 is 6.18 Å². The average Bonchev–Trinajstić information content (AvgIpc) is 3.44. The van der Waals surface area contributed by atoms with E-state index < -0.39 is 16.6 Å². The van der Waals surface area contributed by atoms with Crippen molar-refractivity contribution in [3.8, 4) is 11.5 Å². The highest BCUT2D eigenvalue weighted by atomic mass is 32.2. The van der Waals surface area contributed by atoms with E-state index in [4.69, 9.17) is 9.47 Å². The first kappa shape index (κ1) is 25.0. The summed E-state index contributed by atoms with van der Waals surface area (Å²) in [5.74, 6) is 0.924. The molecule has 10 heteroatoms. The lowest BCUT2D eigenvalue weighted by atomic mass is 10.0. The summed E-state index contributed by atoms with van der Waals surface area (Å²) in [6.45, 7) is 0.254. The number of carbonyl (C=O) groups excluding carboxylic acids is 2. The third-order valence-corrected chi connectivity index (χ3v) is 8.00. The van der Waals surface area contributed by atoms with Crippen molar-refractivity contribution in [3.05, 3.63) is 89.0 Å². The van der Waals surface area contributed by atoms with Crippen LogP contribution in [-0.2, 0) is 22.4 Å². The van der Waals surface area contributed by atoms with Crippen LogP contribution in [-0.4, -0.2) is 43.2 Å². The quantitative estimate of drug-likeness (QED) is 0.449. The highest BCUT2D eigenvalue weighted by molar-refractivity contribution is 8.01. The van der Waals surface area contributed by atoms with E-state index in [0.717, 1.165) is 12.1 Å². The third kappa shape index (κ3) is 4.19. The number of hydrogen-bond acceptors (Lipinski definition) is 5. The second-order valence-corrected chi connectivity index (χ2v) is 9.94. The number of rotatable bonds is 5. The molecule has 0 radical (unpaired) electrons. The van der Waals surface area contributed by atoms with Crippen molar-refractivity contribution in [2.24, 2.45) is 0 Å². The molecule has 0 saturated carbocycles. The van der Waals surface area contributed by atoms with Crippen LogP contribution in [0.25, 0.3) is 0 Å². The van der Waals surface area contributed by atoms with E-state index >= 15 is 0 Å². The summed E-state index contributed by atoms with van der Waals surface area (Å²) in [6, 6.07) is 16.7. The maximum atomic E-state index is 14.1. The van der Waals surface area contributed by atoms with Crippen molar-refractivity contribution < 1.29 is 32.2 Å². The normalized spacial score (nSPS) is 18.9. The van der Waals surface area contributed by atoms with E-state index in [1.807, 2.05) is 0 Å². The Morgan fingerprint density at radius 3 is 2.38 bits per heavy atom. The van der Waals surface area contributed by atoms with E-state index in [0.29, 0.717) is 46.2 Å². The SMILES string of the molecule is COc1ccc(C(=O)N2CCS[C@@]23C(=O)N(Cc2cccc(C(F)(F)F)c2)c2ccc(OC)cc23)cc1. The monoisotopic (exact) mass is 528 g/mol. The molecule has 3 aromatic carbocycles. The summed E-state index contributed by atoms with van der Waals surface area (Å²) in [5, 5.41) is 0. The molecule has 1 atom stereocenters. The number of anilines is 1. The molecular weight excluding hydrogens is 505 g/mol. The number of halogens is 3. The van der Waals surface area contributed by atoms with Crippen molar-refractivity contribution in [2.45, 2.75) is 17.6 Å². The van der Waals surface area contributed by atoms with Gasteiger partial charge in [-0.05, 0) is 60.2 Å². The summed E-state index contributed by atoms with van der Waals surface area (Å²) in [4.78, 5) is 29.5. The fourth-order valence-electron chi connectivity index (χ4n) is 4.80. The van der Waals surface area contributed by atoms with E-state index in [1.165, 1.54) is 36.9 Å². The molecule has 0 bridgehead atoms. The molecule has 0 N–H and O–H groups in total. The van der Waals surface area contributed by atoms with Gasteiger partial charge in [-0.25, -0.2) is 0 Å². The number of amides is 2. The van der Waals surface area contributed by atoms with Crippen LogP contribution in [0.3, 0.4) is 0 Å². The third-order valence-electron chi connectivity index (χ3n) is 6.58. The lowest BCUT2D eigenvalue weighted by Crippen LogP contribution is -2.50. The molecule has 0 unspecified atom stereocenters. The summed E-state index contributed by atoms with van der Waals surface area (Å²) in [6.07, 6.45) is -4.50. The van der Waals surface area contributed by atoms with Crippen LogP contribution in [0.15, 0.2) is 66.7 Å². The van der Waals surface area contributed by atoms with Crippen LogP contribution in [0, 0.1) is 0 Å². The summed E-state index contributed by atoms with van der Waals surface area (Å²) < 4.78 is 50.6. The Morgan fingerprint density at radius 1 is 1.00 bits per heavy atom. The van der Waals surface area contributed by atoms with Crippen molar-refractivity contribution in [1.29, 1.82) is 0 Å². The van der Waals surface area contributed by atoms with Gasteiger partial charge in [0.1, 0.15) is 11.5 Å². The number of fused-ring (bicyclic) bond motifs is 2. The van der Waals surface area contributed by atoms with Crippen LogP contribution in [0.2, 0.25) is 0 Å². The number of nitrogens with zero attached hydrogens (tertiary/aromatic N) is 2. The highest BCUT2D eigenvalue weighted by Gasteiger charge is 2.59. The van der Waals surface area contributed by atoms with Gasteiger partial charge in [-0.1, -0.05) is 12.1 Å². The smallest absolute Gasteiger partial charge is 0.416 e. The molecule has 2 amide bonds. The summed E-state index contributed by atoms with van der Waals surface area (Å²) in [7, 11) is 3.04. The van der Waals surface area contributed by atoms with Gasteiger partial charge in [-0.3, -0.25) is 9.59 Å². The van der Waals surface area contributed by atoms with E-state index in [-0.39, 0.29) is 18.4 Å². The molecule has 2 aliphatic rings. The molecular formula is C27H23F3N2O4S. The van der Waals surface area contributed by atoms with Crippen molar-refractivity contribution in [1.82, 2.24) is 4.90 Å². The molecule has 192 valence electrons. The molecule has 2 aliphatic heterocycles. The predicted molar refractivity (Wildman–Crippen MR) is 134 cm³/mol. The van der Waals surface area contributed by atoms with E-state index in [9.17, 15) is 22.8 Å². The van der Waals surface area contributed by atoms with E-state index in [2.05, 4.69) is 0 Å². The Balaban J connectivity index is 1.57. The van der Waals surface area contributed by atoms with Gasteiger partial charge in [0.2, 0.25) is 0 Å². The first-order valence-corrected chi connectivity index (χ1v) is 12.4. The van der Waals surface area contributed by atoms with Crippen molar-refractivity contribution in [3.63, 3.8) is 0 Å². The molecule has 3 aromatic rings. The van der Waals surface area contributed by atoms with Gasteiger partial charge in [0.25, 0.3) is 11.8 Å². The standard InChI is InChI=1S/C27H23F3N2O4S/c1-35-20-8-6-18(7-9-20)24(33)32-12-13-37-26(32)22-15-21(36-2)10-11-23(22)31(25(26)34)16-17-4-3-5-19(14-17)27(28,29)30/h3-11,14-15H,12-13,16H2,1-2H3/t26-/m0/s1. The zero-order valence-electron chi connectivity index (χ0n) is 20.0. The van der Waals surface area contributed by atoms with Gasteiger partial charge in [0, 0.05) is 23.4 Å². The first-order valence-electron chi connectivity index (χ1n) is 11.5. The number of hydrogen-bond donors (Lipinski definition) is 0. The molecule has 1 saturated heterocycles. The second-order valence-electron chi connectivity index (χ2n) is 8.65. The Labute approximate surface area is 216 Å². The number of carbonyl (C=O) groups is 2. The Morgan fingerprint density at radius 2 is 1.70 bits per heavy atom. The zero-order chi connectivity index (χ0) is 26.4. The number of benzene rings is 3. The second kappa shape index (κ2) is 9.33. The van der Waals surface area contributed by atoms with Crippen LogP contribution in [0.5, 0.6) is 11.5 Å². The molecule has 0 aromatic heterocycles. The average molecular weight is 529 g/mol. The number of alkyl halides is 3. The van der Waals surface area contributed by atoms with Gasteiger partial charge < -0.3 is 19.3 Å². The fraction of sp³-hybridized carbons (Fsp3) is 0.259. The largest absolute Gasteiger partial charge is 0.497 e. The molecule has 6 nitrogen and oxygen atoms in total. The minimum atomic E-state index is -4.50. The Hall–Kier alpha value is -3.66. The molecule has 5 rings (SSSR count). The maximum absolute atomic E-state index is 14.1. The Kier molecular flexibility index (Phi) is 6.31. The van der Waals surface area contributed by atoms with Crippen LogP contribution in [0.1, 0.15) is 27.0 Å². The molecule has 37 heavy (non-hydrogen) atoms. The molecule has 1 spiro atoms. The topological polar surface area (TPSA) is 59.1 Å². The number of thioether (sulfide) groups is 1. The number of ether oxygens (including phenoxy) is 2. The highest BCUT2D eigenvalue weighted by Crippen LogP contribution is 2.55. The predicted octanol–water partition coefficient (Wildman–Crippen LogP) is 5.31. The molecule has 1 fully saturated rings.